The first kappa shape index (κ1) is 22.9. The van der Waals surface area contributed by atoms with E-state index in [0.717, 1.165) is 16.7 Å². The molecule has 4 aromatic rings. The van der Waals surface area contributed by atoms with Crippen molar-refractivity contribution >= 4 is 34.4 Å². The molecule has 0 aliphatic rings. The molecule has 1 N–H and O–H groups in total. The van der Waals surface area contributed by atoms with Crippen LogP contribution in [0.5, 0.6) is 0 Å². The van der Waals surface area contributed by atoms with E-state index in [1.807, 2.05) is 62.4 Å². The molecule has 7 nitrogen and oxygen atoms in total. The Morgan fingerprint density at radius 1 is 0.971 bits per heavy atom. The molecule has 4 rings (SSSR count). The Bertz CT molecular complexity index is 1430. The Hall–Kier alpha value is -4.26. The number of nitrogens with one attached hydrogen (secondary N) is 1. The number of anilines is 2. The normalized spacial score (nSPS) is 10.8. The van der Waals surface area contributed by atoms with Gasteiger partial charge in [-0.2, -0.15) is 0 Å². The van der Waals surface area contributed by atoms with Crippen molar-refractivity contribution in [1.82, 2.24) is 9.55 Å². The number of amides is 2. The van der Waals surface area contributed by atoms with Gasteiger partial charge in [-0.05, 0) is 48.7 Å². The molecule has 0 radical (unpaired) electrons. The third-order valence-corrected chi connectivity index (χ3v) is 5.62. The number of nitrogens with zero attached hydrogens (tertiary/aromatic N) is 3. The fourth-order valence-electron chi connectivity index (χ4n) is 3.82. The zero-order valence-electron chi connectivity index (χ0n) is 19.4. The lowest BCUT2D eigenvalue weighted by atomic mass is 10.1. The van der Waals surface area contributed by atoms with Crippen LogP contribution in [0.4, 0.5) is 11.5 Å². The number of fused-ring (bicyclic) bond motifs is 1. The van der Waals surface area contributed by atoms with Crippen LogP contribution in [-0.4, -0.2) is 21.4 Å². The number of rotatable bonds is 6. The van der Waals surface area contributed by atoms with Crippen LogP contribution in [-0.2, 0) is 22.7 Å². The van der Waals surface area contributed by atoms with E-state index < -0.39 is 5.56 Å². The SMILES string of the molecule is CC(=O)N(Cc1ccccc1)c1nc2ccccc2n(CC(=O)Nc2cc(C)ccc2C)c1=O. The molecule has 0 unspecified atom stereocenters. The van der Waals surface area contributed by atoms with Gasteiger partial charge < -0.3 is 5.32 Å². The Morgan fingerprint density at radius 3 is 2.41 bits per heavy atom. The lowest BCUT2D eigenvalue weighted by Crippen LogP contribution is -2.38. The van der Waals surface area contributed by atoms with Crippen LogP contribution in [0.25, 0.3) is 11.0 Å². The fourth-order valence-corrected chi connectivity index (χ4v) is 3.82. The van der Waals surface area contributed by atoms with Gasteiger partial charge >= 0.3 is 0 Å². The highest BCUT2D eigenvalue weighted by Gasteiger charge is 2.22. The van der Waals surface area contributed by atoms with Gasteiger partial charge in [0.1, 0.15) is 6.54 Å². The fraction of sp³-hybridized carbons (Fsp3) is 0.185. The number of benzene rings is 3. The molecule has 1 aromatic heterocycles. The molecule has 0 bridgehead atoms. The summed E-state index contributed by atoms with van der Waals surface area (Å²) in [7, 11) is 0. The molecular formula is C27H26N4O3. The maximum atomic E-state index is 13.6. The Labute approximate surface area is 197 Å². The first-order valence-electron chi connectivity index (χ1n) is 11.0. The second-order valence-electron chi connectivity index (χ2n) is 8.27. The van der Waals surface area contributed by atoms with Crippen molar-refractivity contribution in [3.05, 3.63) is 99.8 Å². The summed E-state index contributed by atoms with van der Waals surface area (Å²) < 4.78 is 1.37. The third-order valence-electron chi connectivity index (χ3n) is 5.62. The van der Waals surface area contributed by atoms with E-state index in [1.165, 1.54) is 16.4 Å². The monoisotopic (exact) mass is 454 g/mol. The molecule has 34 heavy (non-hydrogen) atoms. The van der Waals surface area contributed by atoms with Gasteiger partial charge in [0, 0.05) is 12.6 Å². The number of aromatic nitrogens is 2. The van der Waals surface area contributed by atoms with Gasteiger partial charge in [-0.25, -0.2) is 4.98 Å². The quantitative estimate of drug-likeness (QED) is 0.473. The number of aryl methyl sites for hydroxylation is 2. The van der Waals surface area contributed by atoms with Crippen LogP contribution in [0.3, 0.4) is 0 Å². The second kappa shape index (κ2) is 9.70. The van der Waals surface area contributed by atoms with Crippen molar-refractivity contribution in [2.75, 3.05) is 10.2 Å². The summed E-state index contributed by atoms with van der Waals surface area (Å²) >= 11 is 0. The van der Waals surface area contributed by atoms with Crippen molar-refractivity contribution in [2.24, 2.45) is 0 Å². The highest BCUT2D eigenvalue weighted by Crippen LogP contribution is 2.19. The van der Waals surface area contributed by atoms with Crippen LogP contribution >= 0.6 is 0 Å². The minimum Gasteiger partial charge on any atom is -0.324 e. The zero-order chi connectivity index (χ0) is 24.2. The largest absolute Gasteiger partial charge is 0.324 e. The average Bonchev–Trinajstić information content (AvgIpc) is 2.82. The van der Waals surface area contributed by atoms with Gasteiger partial charge in [-0.3, -0.25) is 23.9 Å². The molecule has 3 aromatic carbocycles. The number of para-hydroxylation sites is 2. The maximum Gasteiger partial charge on any atom is 0.294 e. The van der Waals surface area contributed by atoms with Gasteiger partial charge in [-0.1, -0.05) is 54.6 Å². The summed E-state index contributed by atoms with van der Waals surface area (Å²) in [5.41, 5.74) is 4.06. The minimum absolute atomic E-state index is 0.00501. The molecule has 0 saturated heterocycles. The first-order chi connectivity index (χ1) is 16.3. The number of carbonyl (C=O) groups is 2. The topological polar surface area (TPSA) is 84.3 Å². The Balaban J connectivity index is 1.75. The maximum absolute atomic E-state index is 13.6. The van der Waals surface area contributed by atoms with Crippen molar-refractivity contribution in [3.8, 4) is 0 Å². The zero-order valence-corrected chi connectivity index (χ0v) is 19.4. The van der Waals surface area contributed by atoms with Crippen molar-refractivity contribution < 1.29 is 9.59 Å². The van der Waals surface area contributed by atoms with E-state index in [9.17, 15) is 14.4 Å². The van der Waals surface area contributed by atoms with Gasteiger partial charge in [-0.15, -0.1) is 0 Å². The molecule has 0 saturated carbocycles. The van der Waals surface area contributed by atoms with Gasteiger partial charge in [0.25, 0.3) is 5.56 Å². The van der Waals surface area contributed by atoms with Crippen LogP contribution < -0.4 is 15.8 Å². The molecule has 7 heteroatoms. The summed E-state index contributed by atoms with van der Waals surface area (Å²) in [5.74, 6) is -0.653. The van der Waals surface area contributed by atoms with E-state index in [2.05, 4.69) is 10.3 Å². The lowest BCUT2D eigenvalue weighted by Gasteiger charge is -2.21. The molecule has 1 heterocycles. The number of carbonyl (C=O) groups excluding carboxylic acids is 2. The van der Waals surface area contributed by atoms with E-state index >= 15 is 0 Å². The Kier molecular flexibility index (Phi) is 6.54. The highest BCUT2D eigenvalue weighted by molar-refractivity contribution is 5.94. The van der Waals surface area contributed by atoms with E-state index in [-0.39, 0.29) is 30.7 Å². The molecule has 0 spiro atoms. The lowest BCUT2D eigenvalue weighted by molar-refractivity contribution is -0.117. The van der Waals surface area contributed by atoms with Gasteiger partial charge in [0.05, 0.1) is 17.6 Å². The standard InChI is InChI=1S/C27H26N4O3/c1-18-13-14-19(2)23(15-18)28-25(33)17-31-24-12-8-7-11-22(24)29-26(27(31)34)30(20(3)32)16-21-9-5-4-6-10-21/h4-15H,16-17H2,1-3H3,(H,28,33). The second-order valence-corrected chi connectivity index (χ2v) is 8.27. The summed E-state index contributed by atoms with van der Waals surface area (Å²) in [4.78, 5) is 44.9. The molecule has 2 amide bonds. The van der Waals surface area contributed by atoms with E-state index in [4.69, 9.17) is 0 Å². The number of hydrogen-bond acceptors (Lipinski definition) is 4. The van der Waals surface area contributed by atoms with Crippen LogP contribution in [0.1, 0.15) is 23.6 Å². The molecule has 0 fully saturated rings. The first-order valence-corrected chi connectivity index (χ1v) is 11.0. The third kappa shape index (κ3) is 4.88. The van der Waals surface area contributed by atoms with Crippen molar-refractivity contribution in [2.45, 2.75) is 33.9 Å². The summed E-state index contributed by atoms with van der Waals surface area (Å²) in [6.45, 7) is 5.25. The van der Waals surface area contributed by atoms with Crippen molar-refractivity contribution in [1.29, 1.82) is 0 Å². The number of hydrogen-bond donors (Lipinski definition) is 1. The highest BCUT2D eigenvalue weighted by atomic mass is 16.2. The van der Waals surface area contributed by atoms with Crippen LogP contribution in [0.2, 0.25) is 0 Å². The van der Waals surface area contributed by atoms with Gasteiger partial charge in [0.15, 0.2) is 0 Å². The van der Waals surface area contributed by atoms with Crippen LogP contribution in [0.15, 0.2) is 77.6 Å². The summed E-state index contributed by atoms with van der Waals surface area (Å²) in [6, 6.07) is 22.3. The summed E-state index contributed by atoms with van der Waals surface area (Å²) in [6.07, 6.45) is 0. The van der Waals surface area contributed by atoms with Gasteiger partial charge in [0.2, 0.25) is 17.6 Å². The molecule has 0 aliphatic carbocycles. The average molecular weight is 455 g/mol. The van der Waals surface area contributed by atoms with E-state index in [1.54, 1.807) is 24.3 Å². The summed E-state index contributed by atoms with van der Waals surface area (Å²) in [5, 5.41) is 2.90. The predicted molar refractivity (Wildman–Crippen MR) is 134 cm³/mol. The molecular weight excluding hydrogens is 428 g/mol. The molecule has 0 aliphatic heterocycles. The Morgan fingerprint density at radius 2 is 1.68 bits per heavy atom. The molecule has 172 valence electrons. The predicted octanol–water partition coefficient (Wildman–Crippen LogP) is 4.21. The van der Waals surface area contributed by atoms with Crippen molar-refractivity contribution in [3.63, 3.8) is 0 Å². The van der Waals surface area contributed by atoms with E-state index in [0.29, 0.717) is 16.7 Å². The smallest absolute Gasteiger partial charge is 0.294 e. The molecule has 0 atom stereocenters. The van der Waals surface area contributed by atoms with Crippen LogP contribution in [0, 0.1) is 13.8 Å². The minimum atomic E-state index is -0.499.